The van der Waals surface area contributed by atoms with Crippen LogP contribution in [0.3, 0.4) is 0 Å². The van der Waals surface area contributed by atoms with E-state index in [9.17, 15) is 4.79 Å². The van der Waals surface area contributed by atoms with Crippen molar-refractivity contribution in [1.29, 1.82) is 0 Å². The molecule has 0 radical (unpaired) electrons. The predicted octanol–water partition coefficient (Wildman–Crippen LogP) is 1.23. The number of likely N-dealkylation sites (N-methyl/N-ethyl adjacent to an activating group) is 1. The van der Waals surface area contributed by atoms with Crippen molar-refractivity contribution >= 4 is 5.91 Å². The average molecular weight is 290 g/mol. The lowest BCUT2D eigenvalue weighted by molar-refractivity contribution is 0.0952. The van der Waals surface area contributed by atoms with Crippen LogP contribution in [0.1, 0.15) is 29.6 Å². The number of piperazine rings is 1. The van der Waals surface area contributed by atoms with Crippen LogP contribution < -0.4 is 5.32 Å². The number of rotatable bonds is 7. The Morgan fingerprint density at radius 3 is 2.76 bits per heavy atom. The Morgan fingerprint density at radius 1 is 1.24 bits per heavy atom. The van der Waals surface area contributed by atoms with E-state index in [2.05, 4.69) is 27.1 Å². The summed E-state index contributed by atoms with van der Waals surface area (Å²) in [7, 11) is 2.18. The predicted molar refractivity (Wildman–Crippen MR) is 84.4 cm³/mol. The van der Waals surface area contributed by atoms with Crippen molar-refractivity contribution in [3.63, 3.8) is 0 Å². The summed E-state index contributed by atoms with van der Waals surface area (Å²) in [6, 6.07) is 3.57. The van der Waals surface area contributed by atoms with Crippen molar-refractivity contribution in [2.24, 2.45) is 0 Å². The van der Waals surface area contributed by atoms with Gasteiger partial charge in [-0.3, -0.25) is 9.78 Å². The van der Waals surface area contributed by atoms with Crippen LogP contribution in [0.4, 0.5) is 0 Å². The number of nitrogens with zero attached hydrogens (tertiary/aromatic N) is 3. The maximum absolute atomic E-state index is 11.8. The Bertz CT molecular complexity index is 416. The molecule has 1 fully saturated rings. The molecule has 0 aromatic carbocycles. The molecule has 1 aliphatic rings. The van der Waals surface area contributed by atoms with Gasteiger partial charge in [0.1, 0.15) is 0 Å². The fourth-order valence-electron chi connectivity index (χ4n) is 2.51. The van der Waals surface area contributed by atoms with Crippen molar-refractivity contribution < 1.29 is 4.79 Å². The van der Waals surface area contributed by atoms with E-state index in [0.29, 0.717) is 5.56 Å². The van der Waals surface area contributed by atoms with Gasteiger partial charge in [0.05, 0.1) is 5.56 Å². The van der Waals surface area contributed by atoms with E-state index >= 15 is 0 Å². The summed E-state index contributed by atoms with van der Waals surface area (Å²) in [5.74, 6) is -0.0258. The minimum Gasteiger partial charge on any atom is -0.352 e. The molecule has 2 rings (SSSR count). The maximum atomic E-state index is 11.8. The largest absolute Gasteiger partial charge is 0.352 e. The van der Waals surface area contributed by atoms with Crippen molar-refractivity contribution in [2.75, 3.05) is 46.3 Å². The fraction of sp³-hybridized carbons (Fsp3) is 0.625. The number of pyridine rings is 1. The number of carbonyl (C=O) groups excluding carboxylic acids is 1. The summed E-state index contributed by atoms with van der Waals surface area (Å²) in [4.78, 5) is 20.7. The van der Waals surface area contributed by atoms with Crippen LogP contribution in [0.15, 0.2) is 24.5 Å². The molecule has 0 spiro atoms. The van der Waals surface area contributed by atoms with Crippen molar-refractivity contribution in [3.8, 4) is 0 Å². The van der Waals surface area contributed by atoms with E-state index in [-0.39, 0.29) is 5.91 Å². The van der Waals surface area contributed by atoms with Gasteiger partial charge in [-0.15, -0.1) is 0 Å². The second-order valence-corrected chi connectivity index (χ2v) is 5.70. The molecule has 1 amide bonds. The molecule has 5 nitrogen and oxygen atoms in total. The monoisotopic (exact) mass is 290 g/mol. The van der Waals surface area contributed by atoms with Crippen molar-refractivity contribution in [2.45, 2.75) is 19.3 Å². The average Bonchev–Trinajstić information content (AvgIpc) is 2.53. The molecule has 0 atom stereocenters. The third kappa shape index (κ3) is 5.81. The van der Waals surface area contributed by atoms with Crippen LogP contribution in [0.25, 0.3) is 0 Å². The SMILES string of the molecule is CN1CCN(CCCCCNC(=O)c2cccnc2)CC1. The second-order valence-electron chi connectivity index (χ2n) is 5.70. The summed E-state index contributed by atoms with van der Waals surface area (Å²) in [6.45, 7) is 6.67. The first-order valence-electron chi connectivity index (χ1n) is 7.85. The molecule has 0 bridgehead atoms. The molecule has 0 aliphatic carbocycles. The van der Waals surface area contributed by atoms with Crippen LogP contribution in [0.5, 0.6) is 0 Å². The standard InChI is InChI=1S/C16H26N4O/c1-19-10-12-20(13-11-19)9-4-2-3-8-18-16(21)15-6-5-7-17-14-15/h5-7,14H,2-4,8-13H2,1H3,(H,18,21). The molecular formula is C16H26N4O. The lowest BCUT2D eigenvalue weighted by atomic mass is 10.2. The van der Waals surface area contributed by atoms with Crippen molar-refractivity contribution in [1.82, 2.24) is 20.1 Å². The Morgan fingerprint density at radius 2 is 2.05 bits per heavy atom. The molecule has 1 N–H and O–H groups in total. The van der Waals surface area contributed by atoms with E-state index in [1.54, 1.807) is 24.5 Å². The van der Waals surface area contributed by atoms with Crippen molar-refractivity contribution in [3.05, 3.63) is 30.1 Å². The minimum atomic E-state index is -0.0258. The zero-order chi connectivity index (χ0) is 14.9. The molecule has 1 aromatic rings. The first kappa shape index (κ1) is 15.9. The van der Waals surface area contributed by atoms with Gasteiger partial charge in [-0.05, 0) is 38.6 Å². The topological polar surface area (TPSA) is 48.5 Å². The molecule has 1 saturated heterocycles. The summed E-state index contributed by atoms with van der Waals surface area (Å²) in [5.41, 5.74) is 0.634. The number of hydrogen-bond acceptors (Lipinski definition) is 4. The number of hydrogen-bond donors (Lipinski definition) is 1. The Balaban J connectivity index is 1.49. The van der Waals surface area contributed by atoms with Crippen LogP contribution in [0, 0.1) is 0 Å². The number of amides is 1. The lowest BCUT2D eigenvalue weighted by Gasteiger charge is -2.32. The van der Waals surface area contributed by atoms with Crippen LogP contribution in [0.2, 0.25) is 0 Å². The third-order valence-electron chi connectivity index (χ3n) is 3.96. The lowest BCUT2D eigenvalue weighted by Crippen LogP contribution is -2.44. The molecule has 21 heavy (non-hydrogen) atoms. The third-order valence-corrected chi connectivity index (χ3v) is 3.96. The first-order valence-corrected chi connectivity index (χ1v) is 7.85. The number of unbranched alkanes of at least 4 members (excludes halogenated alkanes) is 2. The second kappa shape index (κ2) is 8.74. The highest BCUT2D eigenvalue weighted by Crippen LogP contribution is 2.03. The maximum Gasteiger partial charge on any atom is 0.252 e. The smallest absolute Gasteiger partial charge is 0.252 e. The van der Waals surface area contributed by atoms with Gasteiger partial charge >= 0.3 is 0 Å². The van der Waals surface area contributed by atoms with Gasteiger partial charge in [-0.1, -0.05) is 6.42 Å². The van der Waals surface area contributed by atoms with Gasteiger partial charge in [-0.25, -0.2) is 0 Å². The molecule has 1 aliphatic heterocycles. The zero-order valence-corrected chi connectivity index (χ0v) is 12.9. The first-order chi connectivity index (χ1) is 10.3. The van der Waals surface area contributed by atoms with Gasteiger partial charge in [0.25, 0.3) is 5.91 Å². The van der Waals surface area contributed by atoms with Gasteiger partial charge in [-0.2, -0.15) is 0 Å². The molecule has 5 heteroatoms. The normalized spacial score (nSPS) is 16.8. The van der Waals surface area contributed by atoms with Gasteiger partial charge in [0.2, 0.25) is 0 Å². The van der Waals surface area contributed by atoms with Gasteiger partial charge < -0.3 is 15.1 Å². The van der Waals surface area contributed by atoms with E-state index in [4.69, 9.17) is 0 Å². The number of aromatic nitrogens is 1. The van der Waals surface area contributed by atoms with E-state index in [1.807, 2.05) is 0 Å². The summed E-state index contributed by atoms with van der Waals surface area (Å²) < 4.78 is 0. The zero-order valence-electron chi connectivity index (χ0n) is 12.9. The molecule has 0 saturated carbocycles. The molecular weight excluding hydrogens is 264 g/mol. The van der Waals surface area contributed by atoms with Gasteiger partial charge in [0.15, 0.2) is 0 Å². The highest BCUT2D eigenvalue weighted by atomic mass is 16.1. The molecule has 0 unspecified atom stereocenters. The minimum absolute atomic E-state index is 0.0258. The fourth-order valence-corrected chi connectivity index (χ4v) is 2.51. The summed E-state index contributed by atoms with van der Waals surface area (Å²) >= 11 is 0. The highest BCUT2D eigenvalue weighted by molar-refractivity contribution is 5.93. The number of nitrogens with one attached hydrogen (secondary N) is 1. The quantitative estimate of drug-likeness (QED) is 0.767. The molecule has 116 valence electrons. The van der Waals surface area contributed by atoms with Gasteiger partial charge in [0, 0.05) is 45.1 Å². The van der Waals surface area contributed by atoms with Crippen LogP contribution in [-0.4, -0.2) is 67.0 Å². The molecule has 2 heterocycles. The summed E-state index contributed by atoms with van der Waals surface area (Å²) in [6.07, 6.45) is 6.70. The van der Waals surface area contributed by atoms with Crippen LogP contribution in [-0.2, 0) is 0 Å². The van der Waals surface area contributed by atoms with E-state index in [0.717, 1.165) is 13.0 Å². The summed E-state index contributed by atoms with van der Waals surface area (Å²) in [5, 5.41) is 2.94. The van der Waals surface area contributed by atoms with E-state index in [1.165, 1.54) is 45.6 Å². The Labute approximate surface area is 127 Å². The Hall–Kier alpha value is -1.46. The highest BCUT2D eigenvalue weighted by Gasteiger charge is 2.12. The Kier molecular flexibility index (Phi) is 6.63. The number of carbonyl (C=O) groups is 1. The van der Waals surface area contributed by atoms with E-state index < -0.39 is 0 Å². The van der Waals surface area contributed by atoms with Crippen LogP contribution >= 0.6 is 0 Å². The molecule has 1 aromatic heterocycles.